The van der Waals surface area contributed by atoms with Crippen LogP contribution >= 0.6 is 0 Å². The molecular weight excluding hydrogens is 420 g/mol. The molecule has 2 aliphatic carbocycles. The van der Waals surface area contributed by atoms with Gasteiger partial charge in [0.2, 0.25) is 0 Å². The Balaban J connectivity index is 1.68. The molecule has 0 saturated heterocycles. The van der Waals surface area contributed by atoms with Gasteiger partial charge < -0.3 is 29.2 Å². The van der Waals surface area contributed by atoms with Crippen LogP contribution in [-0.4, -0.2) is 79.3 Å². The van der Waals surface area contributed by atoms with E-state index in [4.69, 9.17) is 14.2 Å². The maximum absolute atomic E-state index is 13.0. The van der Waals surface area contributed by atoms with Gasteiger partial charge in [0.15, 0.2) is 0 Å². The number of Topliss-reactive ketones (excluding diaryl/α,β-unsaturated/α-hetero) is 1. The molecule has 0 radical (unpaired) electrons. The standard InChI is InChI=1S/C23H38O9/c1-15(24)30-11-4-12-32-17-7-9-19(21(26)14-17)23(28)18-8-6-16(13-20(18)25)31-10-3-5-22(27)29-2/h16-21,25-26H,3-14H2,1-2H3. The molecule has 2 N–H and O–H groups in total. The van der Waals surface area contributed by atoms with Crippen LogP contribution in [0.5, 0.6) is 0 Å². The number of ketones is 1. The summed E-state index contributed by atoms with van der Waals surface area (Å²) in [4.78, 5) is 34.9. The van der Waals surface area contributed by atoms with Crippen molar-refractivity contribution in [1.82, 2.24) is 0 Å². The highest BCUT2D eigenvalue weighted by molar-refractivity contribution is 5.84. The van der Waals surface area contributed by atoms with E-state index < -0.39 is 24.0 Å². The number of hydrogen-bond donors (Lipinski definition) is 2. The third kappa shape index (κ3) is 8.77. The molecule has 9 heteroatoms. The van der Waals surface area contributed by atoms with E-state index in [9.17, 15) is 24.6 Å². The highest BCUT2D eigenvalue weighted by Gasteiger charge is 2.41. The lowest BCUT2D eigenvalue weighted by atomic mass is 9.73. The zero-order valence-corrected chi connectivity index (χ0v) is 19.2. The molecule has 0 aromatic rings. The molecule has 2 rings (SSSR count). The van der Waals surface area contributed by atoms with Crippen molar-refractivity contribution in [2.24, 2.45) is 11.8 Å². The Labute approximate surface area is 189 Å². The van der Waals surface area contributed by atoms with E-state index in [0.29, 0.717) is 77.6 Å². The zero-order chi connectivity index (χ0) is 23.5. The van der Waals surface area contributed by atoms with Gasteiger partial charge in [-0.1, -0.05) is 0 Å². The fraction of sp³-hybridized carbons (Fsp3) is 0.870. The molecule has 9 nitrogen and oxygen atoms in total. The molecular formula is C23H38O9. The van der Waals surface area contributed by atoms with E-state index >= 15 is 0 Å². The quantitative estimate of drug-likeness (QED) is 0.331. The van der Waals surface area contributed by atoms with Gasteiger partial charge in [-0.2, -0.15) is 0 Å². The molecule has 0 aromatic carbocycles. The average molecular weight is 459 g/mol. The Bertz CT molecular complexity index is 608. The number of hydrogen-bond acceptors (Lipinski definition) is 9. The Kier molecular flexibility index (Phi) is 11.6. The summed E-state index contributed by atoms with van der Waals surface area (Å²) in [6.45, 7) is 2.52. The molecule has 2 aliphatic rings. The van der Waals surface area contributed by atoms with Crippen LogP contribution in [0.1, 0.15) is 64.7 Å². The van der Waals surface area contributed by atoms with E-state index in [-0.39, 0.29) is 29.9 Å². The third-order valence-electron chi connectivity index (χ3n) is 6.32. The second-order valence-electron chi connectivity index (χ2n) is 8.74. The van der Waals surface area contributed by atoms with Crippen molar-refractivity contribution in [3.63, 3.8) is 0 Å². The van der Waals surface area contributed by atoms with Crippen LogP contribution in [-0.2, 0) is 33.3 Å². The van der Waals surface area contributed by atoms with E-state index in [1.54, 1.807) is 0 Å². The second-order valence-corrected chi connectivity index (χ2v) is 8.74. The van der Waals surface area contributed by atoms with Crippen molar-refractivity contribution in [2.75, 3.05) is 26.9 Å². The van der Waals surface area contributed by atoms with Gasteiger partial charge in [0.1, 0.15) is 5.78 Å². The van der Waals surface area contributed by atoms with Crippen molar-refractivity contribution >= 4 is 17.7 Å². The molecule has 0 amide bonds. The first-order valence-corrected chi connectivity index (χ1v) is 11.6. The van der Waals surface area contributed by atoms with Crippen LogP contribution in [0.25, 0.3) is 0 Å². The van der Waals surface area contributed by atoms with Gasteiger partial charge in [-0.05, 0) is 32.1 Å². The fourth-order valence-corrected chi connectivity index (χ4v) is 4.55. The van der Waals surface area contributed by atoms with Gasteiger partial charge in [-0.3, -0.25) is 14.4 Å². The summed E-state index contributed by atoms with van der Waals surface area (Å²) in [6.07, 6.45) is 2.80. The zero-order valence-electron chi connectivity index (χ0n) is 19.2. The predicted molar refractivity (Wildman–Crippen MR) is 114 cm³/mol. The van der Waals surface area contributed by atoms with Crippen LogP contribution in [0.3, 0.4) is 0 Å². The van der Waals surface area contributed by atoms with Gasteiger partial charge in [-0.15, -0.1) is 0 Å². The number of ether oxygens (including phenoxy) is 4. The molecule has 0 aromatic heterocycles. The van der Waals surface area contributed by atoms with E-state index in [1.807, 2.05) is 0 Å². The summed E-state index contributed by atoms with van der Waals surface area (Å²) >= 11 is 0. The predicted octanol–water partition coefficient (Wildman–Crippen LogP) is 1.55. The largest absolute Gasteiger partial charge is 0.469 e. The average Bonchev–Trinajstić information content (AvgIpc) is 2.76. The number of rotatable bonds is 12. The minimum atomic E-state index is -0.788. The van der Waals surface area contributed by atoms with E-state index in [0.717, 1.165) is 0 Å². The molecule has 0 heterocycles. The van der Waals surface area contributed by atoms with Crippen LogP contribution in [0.15, 0.2) is 0 Å². The maximum Gasteiger partial charge on any atom is 0.305 e. The lowest BCUT2D eigenvalue weighted by Crippen LogP contribution is -2.45. The molecule has 0 spiro atoms. The highest BCUT2D eigenvalue weighted by atomic mass is 16.5. The molecule has 32 heavy (non-hydrogen) atoms. The van der Waals surface area contributed by atoms with Crippen molar-refractivity contribution in [1.29, 1.82) is 0 Å². The summed E-state index contributed by atoms with van der Waals surface area (Å²) in [6, 6.07) is 0. The Morgan fingerprint density at radius 3 is 1.81 bits per heavy atom. The smallest absolute Gasteiger partial charge is 0.305 e. The van der Waals surface area contributed by atoms with Gasteiger partial charge in [-0.25, -0.2) is 0 Å². The number of aliphatic hydroxyl groups is 2. The number of aliphatic hydroxyl groups excluding tert-OH is 2. The summed E-state index contributed by atoms with van der Waals surface area (Å²) in [5.41, 5.74) is 0. The Morgan fingerprint density at radius 2 is 1.34 bits per heavy atom. The van der Waals surface area contributed by atoms with Crippen LogP contribution in [0.4, 0.5) is 0 Å². The van der Waals surface area contributed by atoms with Gasteiger partial charge in [0.25, 0.3) is 0 Å². The van der Waals surface area contributed by atoms with Gasteiger partial charge >= 0.3 is 11.9 Å². The number of carbonyl (C=O) groups excluding carboxylic acids is 3. The van der Waals surface area contributed by atoms with Gasteiger partial charge in [0.05, 0.1) is 44.7 Å². The van der Waals surface area contributed by atoms with E-state index in [1.165, 1.54) is 14.0 Å². The summed E-state index contributed by atoms with van der Waals surface area (Å²) < 4.78 is 21.0. The first-order chi connectivity index (χ1) is 15.3. The molecule has 6 unspecified atom stereocenters. The monoisotopic (exact) mass is 458 g/mol. The molecule has 2 saturated carbocycles. The molecule has 2 fully saturated rings. The molecule has 184 valence electrons. The number of carbonyl (C=O) groups is 3. The second kappa shape index (κ2) is 13.9. The third-order valence-corrected chi connectivity index (χ3v) is 6.32. The van der Waals surface area contributed by atoms with Crippen molar-refractivity contribution < 1.29 is 43.5 Å². The summed E-state index contributed by atoms with van der Waals surface area (Å²) in [5, 5.41) is 21.1. The van der Waals surface area contributed by atoms with Crippen LogP contribution in [0.2, 0.25) is 0 Å². The molecule has 0 bridgehead atoms. The summed E-state index contributed by atoms with van der Waals surface area (Å²) in [5.74, 6) is -1.62. The van der Waals surface area contributed by atoms with Crippen molar-refractivity contribution in [2.45, 2.75) is 89.1 Å². The first-order valence-electron chi connectivity index (χ1n) is 11.6. The number of methoxy groups -OCH3 is 1. The fourth-order valence-electron chi connectivity index (χ4n) is 4.55. The topological polar surface area (TPSA) is 129 Å². The minimum Gasteiger partial charge on any atom is -0.469 e. The lowest BCUT2D eigenvalue weighted by Gasteiger charge is -2.37. The molecule has 0 aliphatic heterocycles. The van der Waals surface area contributed by atoms with Crippen LogP contribution in [0, 0.1) is 11.8 Å². The Hall–Kier alpha value is -1.55. The lowest BCUT2D eigenvalue weighted by molar-refractivity contribution is -0.144. The maximum atomic E-state index is 13.0. The van der Waals surface area contributed by atoms with E-state index in [2.05, 4.69) is 4.74 Å². The van der Waals surface area contributed by atoms with Crippen LogP contribution < -0.4 is 0 Å². The highest BCUT2D eigenvalue weighted by Crippen LogP contribution is 2.35. The Morgan fingerprint density at radius 1 is 0.812 bits per heavy atom. The minimum absolute atomic E-state index is 0.0672. The van der Waals surface area contributed by atoms with Crippen molar-refractivity contribution in [3.05, 3.63) is 0 Å². The molecule has 6 atom stereocenters. The summed E-state index contributed by atoms with van der Waals surface area (Å²) in [7, 11) is 1.35. The van der Waals surface area contributed by atoms with Crippen molar-refractivity contribution in [3.8, 4) is 0 Å². The first kappa shape index (κ1) is 26.7. The van der Waals surface area contributed by atoms with Gasteiger partial charge in [0, 0.05) is 51.0 Å². The SMILES string of the molecule is COC(=O)CCCOC1CCC(C(=O)C2CCC(OCCCOC(C)=O)CC2O)C(O)C1. The number of esters is 2. The normalized spacial score (nSPS) is 30.5.